The van der Waals surface area contributed by atoms with E-state index >= 15 is 0 Å². The van der Waals surface area contributed by atoms with Crippen LogP contribution in [0.2, 0.25) is 0 Å². The van der Waals surface area contributed by atoms with Gasteiger partial charge in [-0.3, -0.25) is 19.0 Å². The summed E-state index contributed by atoms with van der Waals surface area (Å²) in [4.78, 5) is 41.9. The number of thiophene rings is 1. The van der Waals surface area contributed by atoms with E-state index < -0.39 is 0 Å². The Hall–Kier alpha value is -3.23. The number of para-hydroxylation sites is 1. The van der Waals surface area contributed by atoms with E-state index in [0.717, 1.165) is 11.3 Å². The molecule has 0 atom stereocenters. The predicted molar refractivity (Wildman–Crippen MR) is 126 cm³/mol. The molecule has 6 nitrogen and oxygen atoms in total. The van der Waals surface area contributed by atoms with Gasteiger partial charge in [-0.25, -0.2) is 4.98 Å². The number of hydrogen-bond acceptors (Lipinski definition) is 6. The number of carbonyl (C=O) groups is 2. The maximum atomic E-state index is 13.2. The van der Waals surface area contributed by atoms with Crippen molar-refractivity contribution in [3.05, 3.63) is 81.5 Å². The lowest BCUT2D eigenvalue weighted by Crippen LogP contribution is -2.22. The number of anilines is 1. The molecule has 0 aliphatic heterocycles. The molecule has 0 radical (unpaired) electrons. The Balaban J connectivity index is 1.62. The molecule has 0 fully saturated rings. The quantitative estimate of drug-likeness (QED) is 0.262. The van der Waals surface area contributed by atoms with Gasteiger partial charge in [0.1, 0.15) is 4.70 Å². The van der Waals surface area contributed by atoms with Gasteiger partial charge in [0.15, 0.2) is 10.9 Å². The number of ketones is 1. The van der Waals surface area contributed by atoms with Gasteiger partial charge < -0.3 is 5.32 Å². The minimum Gasteiger partial charge on any atom is -0.325 e. The van der Waals surface area contributed by atoms with Crippen LogP contribution in [0.4, 0.5) is 5.69 Å². The molecule has 2 aromatic heterocycles. The zero-order chi connectivity index (χ0) is 22.0. The molecule has 0 aliphatic rings. The average Bonchev–Trinajstić information content (AvgIpc) is 3.22. The van der Waals surface area contributed by atoms with Gasteiger partial charge in [-0.2, -0.15) is 0 Å². The van der Waals surface area contributed by atoms with Crippen molar-refractivity contribution in [1.82, 2.24) is 9.55 Å². The number of hydrogen-bond donors (Lipinski definition) is 1. The third-order valence-corrected chi connectivity index (χ3v) is 6.52. The number of aromatic nitrogens is 2. The van der Waals surface area contributed by atoms with E-state index in [1.165, 1.54) is 30.0 Å². The summed E-state index contributed by atoms with van der Waals surface area (Å²) < 4.78 is 2.15. The fraction of sp³-hybridized carbons (Fsp3) is 0.130. The summed E-state index contributed by atoms with van der Waals surface area (Å²) >= 11 is 2.55. The molecule has 8 heteroatoms. The first-order chi connectivity index (χ1) is 14.9. The summed E-state index contributed by atoms with van der Waals surface area (Å²) in [5, 5.41) is 5.09. The van der Waals surface area contributed by atoms with Crippen molar-refractivity contribution >= 4 is 50.7 Å². The van der Waals surface area contributed by atoms with Crippen LogP contribution in [0.15, 0.2) is 69.9 Å². The Bertz CT molecular complexity index is 1360. The molecule has 2 aromatic carbocycles. The summed E-state index contributed by atoms with van der Waals surface area (Å²) in [6.45, 7) is 3.41. The fourth-order valence-corrected chi connectivity index (χ4v) is 4.72. The van der Waals surface area contributed by atoms with Gasteiger partial charge in [-0.1, -0.05) is 42.1 Å². The van der Waals surface area contributed by atoms with Gasteiger partial charge in [-0.05, 0) is 49.1 Å². The van der Waals surface area contributed by atoms with E-state index in [2.05, 4.69) is 10.3 Å². The molecule has 0 saturated carbocycles. The van der Waals surface area contributed by atoms with Crippen LogP contribution in [0, 0.1) is 6.92 Å². The molecule has 4 aromatic rings. The van der Waals surface area contributed by atoms with E-state index in [1.807, 2.05) is 36.6 Å². The van der Waals surface area contributed by atoms with E-state index in [4.69, 9.17) is 0 Å². The lowest BCUT2D eigenvalue weighted by molar-refractivity contribution is -0.113. The van der Waals surface area contributed by atoms with Crippen molar-refractivity contribution < 1.29 is 9.59 Å². The number of fused-ring (bicyclic) bond motifs is 1. The molecular weight excluding hydrogens is 430 g/mol. The zero-order valence-corrected chi connectivity index (χ0v) is 18.5. The first-order valence-corrected chi connectivity index (χ1v) is 11.4. The standard InChI is InChI=1S/C23H19N3O3S2/c1-14-6-3-4-9-19(14)26-22(29)21-18(10-11-30-21)25-23(26)31-13-20(28)24-17-8-5-7-16(12-17)15(2)27/h3-12H,13H2,1-2H3,(H,24,28). The van der Waals surface area contributed by atoms with Crippen molar-refractivity contribution in [2.24, 2.45) is 0 Å². The van der Waals surface area contributed by atoms with Crippen LogP contribution in [0.25, 0.3) is 15.9 Å². The van der Waals surface area contributed by atoms with Gasteiger partial charge in [0.25, 0.3) is 5.56 Å². The molecule has 0 aliphatic carbocycles. The minimum absolute atomic E-state index is 0.0677. The topological polar surface area (TPSA) is 81.1 Å². The van der Waals surface area contributed by atoms with Crippen LogP contribution in [-0.4, -0.2) is 27.0 Å². The molecule has 1 amide bonds. The fourth-order valence-electron chi connectivity index (χ4n) is 3.16. The van der Waals surface area contributed by atoms with Gasteiger partial charge >= 0.3 is 0 Å². The number of thioether (sulfide) groups is 1. The summed E-state index contributed by atoms with van der Waals surface area (Å²) in [5.41, 5.74) is 3.24. The highest BCUT2D eigenvalue weighted by atomic mass is 32.2. The molecule has 156 valence electrons. The zero-order valence-electron chi connectivity index (χ0n) is 16.9. The van der Waals surface area contributed by atoms with E-state index in [1.54, 1.807) is 34.9 Å². The van der Waals surface area contributed by atoms with E-state index in [9.17, 15) is 14.4 Å². The van der Waals surface area contributed by atoms with Crippen molar-refractivity contribution in [3.8, 4) is 5.69 Å². The molecule has 0 spiro atoms. The van der Waals surface area contributed by atoms with Crippen LogP contribution in [0.1, 0.15) is 22.8 Å². The van der Waals surface area contributed by atoms with Crippen molar-refractivity contribution in [2.75, 3.05) is 11.1 Å². The lowest BCUT2D eigenvalue weighted by atomic mass is 10.1. The van der Waals surface area contributed by atoms with E-state index in [-0.39, 0.29) is 23.0 Å². The number of benzene rings is 2. The van der Waals surface area contributed by atoms with E-state index in [0.29, 0.717) is 26.6 Å². The molecule has 31 heavy (non-hydrogen) atoms. The highest BCUT2D eigenvalue weighted by Crippen LogP contribution is 2.25. The Morgan fingerprint density at radius 3 is 2.71 bits per heavy atom. The number of nitrogens with zero attached hydrogens (tertiary/aromatic N) is 2. The number of amides is 1. The van der Waals surface area contributed by atoms with Crippen molar-refractivity contribution in [1.29, 1.82) is 0 Å². The molecule has 4 rings (SSSR count). The maximum Gasteiger partial charge on any atom is 0.276 e. The Kier molecular flexibility index (Phi) is 6.01. The predicted octanol–water partition coefficient (Wildman–Crippen LogP) is 4.69. The largest absolute Gasteiger partial charge is 0.325 e. The van der Waals surface area contributed by atoms with Crippen molar-refractivity contribution in [2.45, 2.75) is 19.0 Å². The molecular formula is C23H19N3O3S2. The highest BCUT2D eigenvalue weighted by Gasteiger charge is 2.17. The van der Waals surface area contributed by atoms with Crippen molar-refractivity contribution in [3.63, 3.8) is 0 Å². The molecule has 1 N–H and O–H groups in total. The molecule has 0 bridgehead atoms. The monoisotopic (exact) mass is 449 g/mol. The van der Waals surface area contributed by atoms with Crippen LogP contribution in [0.3, 0.4) is 0 Å². The number of rotatable bonds is 6. The third-order valence-electron chi connectivity index (χ3n) is 4.69. The Morgan fingerprint density at radius 2 is 1.94 bits per heavy atom. The Labute approximate surface area is 186 Å². The number of Topliss-reactive ketones (excluding diaryl/α,β-unsaturated/α-hetero) is 1. The molecule has 2 heterocycles. The van der Waals surface area contributed by atoms with Gasteiger partial charge in [-0.15, -0.1) is 11.3 Å². The summed E-state index contributed by atoms with van der Waals surface area (Å²) in [6, 6.07) is 16.2. The summed E-state index contributed by atoms with van der Waals surface area (Å²) in [5.74, 6) is -0.249. The van der Waals surface area contributed by atoms with Crippen LogP contribution in [0.5, 0.6) is 0 Å². The normalized spacial score (nSPS) is 10.9. The van der Waals surface area contributed by atoms with Crippen LogP contribution in [-0.2, 0) is 4.79 Å². The SMILES string of the molecule is CC(=O)c1cccc(NC(=O)CSc2nc3ccsc3c(=O)n2-c2ccccc2C)c1. The molecule has 0 unspecified atom stereocenters. The second-order valence-corrected chi connectivity index (χ2v) is 8.79. The lowest BCUT2D eigenvalue weighted by Gasteiger charge is -2.14. The first kappa shape index (κ1) is 21.0. The van der Waals surface area contributed by atoms with Crippen LogP contribution < -0.4 is 10.9 Å². The van der Waals surface area contributed by atoms with Gasteiger partial charge in [0, 0.05) is 11.3 Å². The number of nitrogens with one attached hydrogen (secondary N) is 1. The van der Waals surface area contributed by atoms with Gasteiger partial charge in [0.05, 0.1) is 17.0 Å². The summed E-state index contributed by atoms with van der Waals surface area (Å²) in [7, 11) is 0. The number of aryl methyl sites for hydroxylation is 1. The second kappa shape index (κ2) is 8.87. The third kappa shape index (κ3) is 4.45. The maximum absolute atomic E-state index is 13.2. The smallest absolute Gasteiger partial charge is 0.276 e. The average molecular weight is 450 g/mol. The molecule has 0 saturated heterocycles. The van der Waals surface area contributed by atoms with Crippen LogP contribution >= 0.6 is 23.1 Å². The minimum atomic E-state index is -0.248. The highest BCUT2D eigenvalue weighted by molar-refractivity contribution is 7.99. The van der Waals surface area contributed by atoms with Gasteiger partial charge in [0.2, 0.25) is 5.91 Å². The summed E-state index contributed by atoms with van der Waals surface area (Å²) in [6.07, 6.45) is 0. The Morgan fingerprint density at radius 1 is 1.13 bits per heavy atom. The number of carbonyl (C=O) groups excluding carboxylic acids is 2. The second-order valence-electron chi connectivity index (χ2n) is 6.93. The first-order valence-electron chi connectivity index (χ1n) is 9.54.